The van der Waals surface area contributed by atoms with E-state index in [2.05, 4.69) is 46.1 Å². The van der Waals surface area contributed by atoms with Gasteiger partial charge in [-0.1, -0.05) is 35.5 Å². The summed E-state index contributed by atoms with van der Waals surface area (Å²) < 4.78 is 5.60. The Morgan fingerprint density at radius 2 is 1.96 bits per heavy atom. The summed E-state index contributed by atoms with van der Waals surface area (Å²) in [5.74, 6) is 3.14. The average molecular weight is 352 g/mol. The van der Waals surface area contributed by atoms with E-state index in [0.29, 0.717) is 17.9 Å². The minimum atomic E-state index is 0.125. The van der Waals surface area contributed by atoms with Gasteiger partial charge >= 0.3 is 0 Å². The number of hydrogen-bond donors (Lipinski definition) is 2. The van der Waals surface area contributed by atoms with Crippen LogP contribution in [0.1, 0.15) is 55.3 Å². The summed E-state index contributed by atoms with van der Waals surface area (Å²) in [5, 5.41) is 11.5. The molecule has 5 heteroatoms. The SMILES string of the molecule is c1ccc(C2C[C@@H]2NCC2(c3noc(CC4CCNCC4)n3)CC2)cc1. The molecule has 2 N–H and O–H groups in total. The minimum Gasteiger partial charge on any atom is -0.339 e. The standard InChI is InChI=1S/C21H28N4O/c1-2-4-16(5-3-1)17-13-18(17)23-14-21(8-9-21)20-24-19(26-25-20)12-15-6-10-22-11-7-15/h1-5,15,17-18,22-23H,6-14H2/t17?,18-/m0/s1. The number of nitrogens with one attached hydrogen (secondary N) is 2. The topological polar surface area (TPSA) is 63.0 Å². The van der Waals surface area contributed by atoms with E-state index in [0.717, 1.165) is 37.8 Å². The molecule has 0 amide bonds. The maximum Gasteiger partial charge on any atom is 0.226 e. The Bertz CT molecular complexity index is 733. The van der Waals surface area contributed by atoms with Crippen molar-refractivity contribution in [1.29, 1.82) is 0 Å². The van der Waals surface area contributed by atoms with Crippen molar-refractivity contribution in [3.05, 3.63) is 47.6 Å². The molecule has 2 atom stereocenters. The number of benzene rings is 1. The van der Waals surface area contributed by atoms with Gasteiger partial charge in [0, 0.05) is 30.3 Å². The van der Waals surface area contributed by atoms with Gasteiger partial charge in [0.25, 0.3) is 0 Å². The van der Waals surface area contributed by atoms with E-state index in [1.54, 1.807) is 0 Å². The second kappa shape index (κ2) is 6.78. The highest BCUT2D eigenvalue weighted by atomic mass is 16.5. The van der Waals surface area contributed by atoms with E-state index in [-0.39, 0.29) is 5.41 Å². The minimum absolute atomic E-state index is 0.125. The molecule has 3 aliphatic rings. The maximum atomic E-state index is 5.60. The smallest absolute Gasteiger partial charge is 0.226 e. The van der Waals surface area contributed by atoms with Crippen LogP contribution in [0, 0.1) is 5.92 Å². The van der Waals surface area contributed by atoms with Crippen molar-refractivity contribution in [2.45, 2.75) is 55.9 Å². The predicted molar refractivity (Wildman–Crippen MR) is 100 cm³/mol. The van der Waals surface area contributed by atoms with Crippen molar-refractivity contribution in [2.24, 2.45) is 5.92 Å². The van der Waals surface area contributed by atoms with Crippen LogP contribution in [0.15, 0.2) is 34.9 Å². The van der Waals surface area contributed by atoms with E-state index < -0.39 is 0 Å². The van der Waals surface area contributed by atoms with Crippen molar-refractivity contribution < 1.29 is 4.52 Å². The molecule has 2 aromatic rings. The van der Waals surface area contributed by atoms with Crippen molar-refractivity contribution in [1.82, 2.24) is 20.8 Å². The van der Waals surface area contributed by atoms with Crippen LogP contribution in [-0.2, 0) is 11.8 Å². The zero-order valence-corrected chi connectivity index (χ0v) is 15.3. The van der Waals surface area contributed by atoms with Gasteiger partial charge in [0.2, 0.25) is 5.89 Å². The molecule has 2 aliphatic carbocycles. The first kappa shape index (κ1) is 16.5. The molecule has 2 saturated carbocycles. The Balaban J connectivity index is 1.16. The van der Waals surface area contributed by atoms with Gasteiger partial charge in [0.1, 0.15) is 0 Å². The van der Waals surface area contributed by atoms with Crippen LogP contribution in [0.25, 0.3) is 0 Å². The third kappa shape index (κ3) is 3.42. The quantitative estimate of drug-likeness (QED) is 0.802. The summed E-state index contributed by atoms with van der Waals surface area (Å²) in [5.41, 5.74) is 1.58. The highest BCUT2D eigenvalue weighted by Gasteiger charge is 2.50. The van der Waals surface area contributed by atoms with Crippen LogP contribution in [0.3, 0.4) is 0 Å². The largest absolute Gasteiger partial charge is 0.339 e. The Labute approximate surface area is 154 Å². The average Bonchev–Trinajstić information content (AvgIpc) is 3.60. The Morgan fingerprint density at radius 3 is 2.73 bits per heavy atom. The highest BCUT2D eigenvalue weighted by molar-refractivity contribution is 5.28. The Hall–Kier alpha value is -1.72. The van der Waals surface area contributed by atoms with E-state index in [9.17, 15) is 0 Å². The molecule has 1 saturated heterocycles. The fourth-order valence-corrected chi connectivity index (χ4v) is 4.33. The third-order valence-corrected chi connectivity index (χ3v) is 6.44. The lowest BCUT2D eigenvalue weighted by Crippen LogP contribution is -2.30. The molecule has 5 rings (SSSR count). The molecule has 0 radical (unpaired) electrons. The summed E-state index contributed by atoms with van der Waals surface area (Å²) in [7, 11) is 0. The van der Waals surface area contributed by atoms with Gasteiger partial charge in [-0.3, -0.25) is 0 Å². The van der Waals surface area contributed by atoms with Crippen molar-refractivity contribution in [3.63, 3.8) is 0 Å². The van der Waals surface area contributed by atoms with Crippen LogP contribution in [0.5, 0.6) is 0 Å². The molecule has 0 bridgehead atoms. The second-order valence-corrected chi connectivity index (χ2v) is 8.43. The number of piperidine rings is 1. The fourth-order valence-electron chi connectivity index (χ4n) is 4.33. The van der Waals surface area contributed by atoms with Gasteiger partial charge in [0.15, 0.2) is 5.82 Å². The first-order chi connectivity index (χ1) is 12.8. The van der Waals surface area contributed by atoms with Crippen molar-refractivity contribution in [3.8, 4) is 0 Å². The zero-order chi connectivity index (χ0) is 17.4. The zero-order valence-electron chi connectivity index (χ0n) is 15.3. The van der Waals surface area contributed by atoms with Gasteiger partial charge < -0.3 is 15.2 Å². The second-order valence-electron chi connectivity index (χ2n) is 8.43. The molecule has 1 aliphatic heterocycles. The molecule has 3 fully saturated rings. The molecule has 0 spiro atoms. The Kier molecular flexibility index (Phi) is 4.29. The predicted octanol–water partition coefficient (Wildman–Crippen LogP) is 2.79. The molecule has 1 aromatic carbocycles. The lowest BCUT2D eigenvalue weighted by Gasteiger charge is -2.20. The molecule has 26 heavy (non-hydrogen) atoms. The van der Waals surface area contributed by atoms with E-state index in [1.165, 1.54) is 37.7 Å². The van der Waals surface area contributed by atoms with Crippen LogP contribution >= 0.6 is 0 Å². The van der Waals surface area contributed by atoms with Crippen LogP contribution < -0.4 is 10.6 Å². The molecular weight excluding hydrogens is 324 g/mol. The van der Waals surface area contributed by atoms with E-state index >= 15 is 0 Å². The monoisotopic (exact) mass is 352 g/mol. The van der Waals surface area contributed by atoms with Crippen LogP contribution in [0.2, 0.25) is 0 Å². The summed E-state index contributed by atoms with van der Waals surface area (Å²) in [4.78, 5) is 4.78. The lowest BCUT2D eigenvalue weighted by molar-refractivity contribution is 0.310. The van der Waals surface area contributed by atoms with Crippen molar-refractivity contribution >= 4 is 0 Å². The maximum absolute atomic E-state index is 5.60. The molecule has 138 valence electrons. The number of nitrogens with zero attached hydrogens (tertiary/aromatic N) is 2. The molecular formula is C21H28N4O. The molecule has 1 unspecified atom stereocenters. The van der Waals surface area contributed by atoms with E-state index in [1.807, 2.05) is 0 Å². The normalized spacial score (nSPS) is 27.4. The number of aromatic nitrogens is 2. The van der Waals surface area contributed by atoms with Gasteiger partial charge in [-0.05, 0) is 56.7 Å². The number of rotatable bonds is 7. The van der Waals surface area contributed by atoms with Gasteiger partial charge in [-0.25, -0.2) is 0 Å². The molecule has 5 nitrogen and oxygen atoms in total. The summed E-state index contributed by atoms with van der Waals surface area (Å²) in [6.07, 6.45) is 6.97. The third-order valence-electron chi connectivity index (χ3n) is 6.44. The number of hydrogen-bond acceptors (Lipinski definition) is 5. The van der Waals surface area contributed by atoms with Crippen LogP contribution in [0.4, 0.5) is 0 Å². The van der Waals surface area contributed by atoms with E-state index in [4.69, 9.17) is 9.51 Å². The summed E-state index contributed by atoms with van der Waals surface area (Å²) in [6.45, 7) is 3.21. The fraction of sp³-hybridized carbons (Fsp3) is 0.619. The lowest BCUT2D eigenvalue weighted by atomic mass is 9.95. The summed E-state index contributed by atoms with van der Waals surface area (Å²) >= 11 is 0. The molecule has 1 aromatic heterocycles. The first-order valence-corrected chi connectivity index (χ1v) is 10.1. The Morgan fingerprint density at radius 1 is 1.15 bits per heavy atom. The van der Waals surface area contributed by atoms with Gasteiger partial charge in [-0.15, -0.1) is 0 Å². The van der Waals surface area contributed by atoms with Gasteiger partial charge in [-0.2, -0.15) is 4.98 Å². The summed E-state index contributed by atoms with van der Waals surface area (Å²) in [6, 6.07) is 11.4. The molecule has 2 heterocycles. The van der Waals surface area contributed by atoms with Gasteiger partial charge in [0.05, 0.1) is 0 Å². The highest BCUT2D eigenvalue weighted by Crippen LogP contribution is 2.48. The first-order valence-electron chi connectivity index (χ1n) is 10.1. The van der Waals surface area contributed by atoms with Crippen molar-refractivity contribution in [2.75, 3.05) is 19.6 Å². The van der Waals surface area contributed by atoms with Crippen LogP contribution in [-0.4, -0.2) is 35.8 Å².